The van der Waals surface area contributed by atoms with Gasteiger partial charge in [-0.25, -0.2) is 0 Å². The fourth-order valence-corrected chi connectivity index (χ4v) is 2.17. The van der Waals surface area contributed by atoms with Crippen molar-refractivity contribution in [2.75, 3.05) is 0 Å². The first-order valence-electron chi connectivity index (χ1n) is 5.36. The number of carbonyl (C=O) groups is 2. The Bertz CT molecular complexity index is 558. The third-order valence-corrected chi connectivity index (χ3v) is 3.16. The van der Waals surface area contributed by atoms with Crippen LogP contribution in [0.5, 0.6) is 0 Å². The quantitative estimate of drug-likeness (QED) is 0.757. The van der Waals surface area contributed by atoms with Gasteiger partial charge in [-0.15, -0.1) is 0 Å². The molecule has 2 rings (SSSR count). The lowest BCUT2D eigenvalue weighted by atomic mass is 9.74. The van der Waals surface area contributed by atoms with Gasteiger partial charge in [-0.2, -0.15) is 0 Å². The van der Waals surface area contributed by atoms with Crippen LogP contribution in [0.1, 0.15) is 37.7 Å². The first-order valence-corrected chi connectivity index (χ1v) is 5.36. The molecule has 0 aliphatic heterocycles. The molecule has 0 saturated carbocycles. The second kappa shape index (κ2) is 3.32. The van der Waals surface area contributed by atoms with Crippen LogP contribution in [-0.2, 0) is 15.0 Å². The molecule has 17 heavy (non-hydrogen) atoms. The summed E-state index contributed by atoms with van der Waals surface area (Å²) in [6, 6.07) is 0. The Kier molecular flexibility index (Phi) is 2.28. The summed E-state index contributed by atoms with van der Waals surface area (Å²) in [6.07, 6.45) is 1.49. The molecule has 1 aromatic heterocycles. The van der Waals surface area contributed by atoms with E-state index >= 15 is 0 Å². The van der Waals surface area contributed by atoms with Gasteiger partial charge in [-0.3, -0.25) is 9.59 Å². The second-order valence-electron chi connectivity index (χ2n) is 4.86. The Morgan fingerprint density at radius 2 is 2.00 bits per heavy atom. The maximum absolute atomic E-state index is 12.2. The molecule has 0 aromatic carbocycles. The van der Waals surface area contributed by atoms with E-state index in [-0.39, 0.29) is 11.3 Å². The van der Waals surface area contributed by atoms with E-state index in [0.717, 1.165) is 5.56 Å². The normalized spacial score (nSPS) is 18.2. The summed E-state index contributed by atoms with van der Waals surface area (Å²) >= 11 is 0. The fourth-order valence-electron chi connectivity index (χ4n) is 2.17. The molecule has 90 valence electrons. The maximum Gasteiger partial charge on any atom is 0.183 e. The lowest BCUT2D eigenvalue weighted by Crippen LogP contribution is -2.36. The van der Waals surface area contributed by atoms with Crippen molar-refractivity contribution in [2.45, 2.75) is 33.1 Å². The fraction of sp³-hybridized carbons (Fsp3) is 0.385. The zero-order valence-electron chi connectivity index (χ0n) is 10.2. The molecular formula is C13H14O4. The highest BCUT2D eigenvalue weighted by Crippen LogP contribution is 2.41. The topological polar surface area (TPSA) is 67.5 Å². The summed E-state index contributed by atoms with van der Waals surface area (Å²) in [5.41, 5.74) is 0.139. The number of aliphatic hydroxyl groups excluding tert-OH is 1. The van der Waals surface area contributed by atoms with Gasteiger partial charge in [0.2, 0.25) is 0 Å². The lowest BCUT2D eigenvalue weighted by Gasteiger charge is -2.27. The first-order chi connectivity index (χ1) is 7.78. The van der Waals surface area contributed by atoms with Crippen LogP contribution in [-0.4, -0.2) is 16.7 Å². The van der Waals surface area contributed by atoms with Gasteiger partial charge >= 0.3 is 0 Å². The number of carbonyl (C=O) groups excluding carboxylic acids is 2. The minimum atomic E-state index is -0.920. The predicted molar refractivity (Wildman–Crippen MR) is 61.7 cm³/mol. The third kappa shape index (κ3) is 1.37. The Hall–Kier alpha value is -1.84. The van der Waals surface area contributed by atoms with Crippen LogP contribution in [0.2, 0.25) is 0 Å². The molecule has 0 bridgehead atoms. The molecule has 1 N–H and O–H groups in total. The molecule has 4 heteroatoms. The average Bonchev–Trinajstić information content (AvgIpc) is 2.58. The van der Waals surface area contributed by atoms with E-state index in [1.54, 1.807) is 20.8 Å². The van der Waals surface area contributed by atoms with Gasteiger partial charge in [0.25, 0.3) is 0 Å². The maximum atomic E-state index is 12.2. The van der Waals surface area contributed by atoms with Crippen LogP contribution in [0.15, 0.2) is 16.3 Å². The summed E-state index contributed by atoms with van der Waals surface area (Å²) in [5, 5.41) is 10.0. The zero-order chi connectivity index (χ0) is 13.0. The van der Waals surface area contributed by atoms with Crippen molar-refractivity contribution in [3.63, 3.8) is 0 Å². The molecule has 4 nitrogen and oxygen atoms in total. The summed E-state index contributed by atoms with van der Waals surface area (Å²) in [7, 11) is 0. The SMILES string of the molecule is CC(=O)C1=C(O)c2c(C)coc2C(C)(C)C1=O. The first kappa shape index (κ1) is 11.6. The number of allylic oxidation sites excluding steroid dienone is 1. The van der Waals surface area contributed by atoms with E-state index in [0.29, 0.717) is 11.3 Å². The molecule has 0 amide bonds. The Balaban J connectivity index is 2.84. The summed E-state index contributed by atoms with van der Waals surface area (Å²) in [5.74, 6) is -0.665. The molecule has 1 heterocycles. The van der Waals surface area contributed by atoms with Crippen LogP contribution in [0.4, 0.5) is 0 Å². The Morgan fingerprint density at radius 3 is 2.53 bits per heavy atom. The number of aliphatic hydroxyl groups is 1. The number of Topliss-reactive ketones (excluding diaryl/α,β-unsaturated/α-hetero) is 2. The Labute approximate surface area is 98.9 Å². The molecular weight excluding hydrogens is 220 g/mol. The average molecular weight is 234 g/mol. The number of ketones is 2. The minimum Gasteiger partial charge on any atom is -0.506 e. The molecule has 0 unspecified atom stereocenters. The van der Waals surface area contributed by atoms with Crippen LogP contribution < -0.4 is 0 Å². The number of hydrogen-bond donors (Lipinski definition) is 1. The van der Waals surface area contributed by atoms with E-state index in [1.807, 2.05) is 0 Å². The standard InChI is InChI=1S/C13H14O4/c1-6-5-17-12-8(6)10(15)9(7(2)14)11(16)13(12,3)4/h5,15H,1-4H3. The van der Waals surface area contributed by atoms with Gasteiger partial charge in [0, 0.05) is 0 Å². The smallest absolute Gasteiger partial charge is 0.183 e. The number of furan rings is 1. The predicted octanol–water partition coefficient (Wildman–Crippen LogP) is 2.31. The van der Waals surface area contributed by atoms with E-state index in [2.05, 4.69) is 0 Å². The Morgan fingerprint density at radius 1 is 1.41 bits per heavy atom. The van der Waals surface area contributed by atoms with E-state index in [4.69, 9.17) is 4.42 Å². The van der Waals surface area contributed by atoms with Crippen molar-refractivity contribution < 1.29 is 19.1 Å². The molecule has 0 fully saturated rings. The number of rotatable bonds is 1. The number of aryl methyl sites for hydroxylation is 1. The van der Waals surface area contributed by atoms with E-state index in [1.165, 1.54) is 13.2 Å². The van der Waals surface area contributed by atoms with Gasteiger partial charge < -0.3 is 9.52 Å². The minimum absolute atomic E-state index is 0.132. The van der Waals surface area contributed by atoms with Gasteiger partial charge in [0.05, 0.1) is 17.2 Å². The van der Waals surface area contributed by atoms with Crippen molar-refractivity contribution in [3.05, 3.63) is 28.7 Å². The van der Waals surface area contributed by atoms with Gasteiger partial charge in [0.1, 0.15) is 17.1 Å². The van der Waals surface area contributed by atoms with Crippen LogP contribution in [0.25, 0.3) is 5.76 Å². The van der Waals surface area contributed by atoms with Crippen molar-refractivity contribution in [1.29, 1.82) is 0 Å². The van der Waals surface area contributed by atoms with E-state index < -0.39 is 17.0 Å². The van der Waals surface area contributed by atoms with E-state index in [9.17, 15) is 14.7 Å². The highest BCUT2D eigenvalue weighted by molar-refractivity contribution is 6.28. The number of fused-ring (bicyclic) bond motifs is 1. The highest BCUT2D eigenvalue weighted by Gasteiger charge is 2.45. The molecule has 0 radical (unpaired) electrons. The summed E-state index contributed by atoms with van der Waals surface area (Å²) in [6.45, 7) is 6.42. The highest BCUT2D eigenvalue weighted by atomic mass is 16.3. The molecule has 0 spiro atoms. The van der Waals surface area contributed by atoms with Crippen molar-refractivity contribution in [1.82, 2.24) is 0 Å². The van der Waals surface area contributed by atoms with Crippen LogP contribution in [0, 0.1) is 6.92 Å². The lowest BCUT2D eigenvalue weighted by molar-refractivity contribution is -0.124. The largest absolute Gasteiger partial charge is 0.506 e. The molecule has 0 saturated heterocycles. The van der Waals surface area contributed by atoms with Crippen molar-refractivity contribution >= 4 is 17.3 Å². The van der Waals surface area contributed by atoms with Crippen molar-refractivity contribution in [2.24, 2.45) is 0 Å². The van der Waals surface area contributed by atoms with Crippen molar-refractivity contribution in [3.8, 4) is 0 Å². The molecule has 1 aliphatic rings. The van der Waals surface area contributed by atoms with Gasteiger partial charge in [-0.05, 0) is 33.3 Å². The van der Waals surface area contributed by atoms with Crippen LogP contribution in [0.3, 0.4) is 0 Å². The third-order valence-electron chi connectivity index (χ3n) is 3.16. The second-order valence-corrected chi connectivity index (χ2v) is 4.86. The molecule has 0 atom stereocenters. The summed E-state index contributed by atoms with van der Waals surface area (Å²) < 4.78 is 5.34. The van der Waals surface area contributed by atoms with Gasteiger partial charge in [0.15, 0.2) is 11.6 Å². The monoisotopic (exact) mass is 234 g/mol. The van der Waals surface area contributed by atoms with Crippen LogP contribution >= 0.6 is 0 Å². The molecule has 1 aliphatic carbocycles. The zero-order valence-corrected chi connectivity index (χ0v) is 10.2. The summed E-state index contributed by atoms with van der Waals surface area (Å²) in [4.78, 5) is 23.7. The van der Waals surface area contributed by atoms with Gasteiger partial charge in [-0.1, -0.05) is 0 Å². The molecule has 1 aromatic rings. The number of hydrogen-bond acceptors (Lipinski definition) is 4.